The predicted octanol–water partition coefficient (Wildman–Crippen LogP) is 4.06. The number of nitrogens with one attached hydrogen (secondary N) is 2. The second kappa shape index (κ2) is 7.17. The molecule has 0 saturated heterocycles. The number of rotatable bonds is 5. The van der Waals surface area contributed by atoms with Crippen molar-refractivity contribution >= 4 is 33.2 Å². The van der Waals surface area contributed by atoms with E-state index in [2.05, 4.69) is 31.5 Å². The van der Waals surface area contributed by atoms with Gasteiger partial charge in [-0.2, -0.15) is 0 Å². The summed E-state index contributed by atoms with van der Waals surface area (Å²) >= 11 is 3.22. The van der Waals surface area contributed by atoms with Gasteiger partial charge in [0.25, 0.3) is 5.91 Å². The second-order valence-electron chi connectivity index (χ2n) is 4.43. The van der Waals surface area contributed by atoms with Crippen LogP contribution in [0.4, 0.5) is 15.8 Å². The van der Waals surface area contributed by atoms with Crippen LogP contribution >= 0.6 is 15.9 Å². The highest BCUT2D eigenvalue weighted by Gasteiger charge is 2.13. The molecule has 0 saturated carbocycles. The lowest BCUT2D eigenvalue weighted by Gasteiger charge is -2.12. The summed E-state index contributed by atoms with van der Waals surface area (Å²) in [6.07, 6.45) is 4.08. The van der Waals surface area contributed by atoms with Crippen LogP contribution in [0.2, 0.25) is 0 Å². The lowest BCUT2D eigenvalue weighted by atomic mass is 10.2. The number of pyridine rings is 1. The highest BCUT2D eigenvalue weighted by molar-refractivity contribution is 9.10. The number of amides is 1. The average Bonchev–Trinajstić information content (AvgIpc) is 2.48. The molecule has 1 aromatic heterocycles. The molecule has 6 heteroatoms. The van der Waals surface area contributed by atoms with E-state index in [0.29, 0.717) is 15.7 Å². The van der Waals surface area contributed by atoms with Crippen molar-refractivity contribution in [3.05, 3.63) is 52.5 Å². The van der Waals surface area contributed by atoms with Gasteiger partial charge in [-0.1, -0.05) is 6.92 Å². The minimum Gasteiger partial charge on any atom is -0.384 e. The molecule has 2 rings (SSSR count). The fourth-order valence-corrected chi connectivity index (χ4v) is 2.22. The van der Waals surface area contributed by atoms with Crippen LogP contribution in [0.15, 0.2) is 41.1 Å². The van der Waals surface area contributed by atoms with Gasteiger partial charge in [0, 0.05) is 23.4 Å². The van der Waals surface area contributed by atoms with Crippen LogP contribution in [0.3, 0.4) is 0 Å². The van der Waals surface area contributed by atoms with Gasteiger partial charge in [0.05, 0.1) is 16.9 Å². The molecule has 0 atom stereocenters. The zero-order valence-corrected chi connectivity index (χ0v) is 13.1. The molecule has 0 radical (unpaired) electrons. The van der Waals surface area contributed by atoms with Gasteiger partial charge in [-0.05, 0) is 46.6 Å². The molecule has 0 aliphatic heterocycles. The van der Waals surface area contributed by atoms with Gasteiger partial charge < -0.3 is 10.6 Å². The standard InChI is InChI=1S/C15H15BrFN3O/c1-2-6-19-13-5-7-18-9-11(13)15(21)20-14-4-3-10(17)8-12(14)16/h3-5,7-9H,2,6H2,1H3,(H,18,19)(H,20,21). The summed E-state index contributed by atoms with van der Waals surface area (Å²) in [6.45, 7) is 2.81. The quantitative estimate of drug-likeness (QED) is 0.853. The van der Waals surface area contributed by atoms with Gasteiger partial charge in [-0.3, -0.25) is 9.78 Å². The fourth-order valence-electron chi connectivity index (χ4n) is 1.77. The Morgan fingerprint density at radius 3 is 2.86 bits per heavy atom. The third-order valence-electron chi connectivity index (χ3n) is 2.81. The molecule has 2 aromatic rings. The number of benzene rings is 1. The van der Waals surface area contributed by atoms with E-state index in [9.17, 15) is 9.18 Å². The Hall–Kier alpha value is -1.95. The Labute approximate surface area is 130 Å². The van der Waals surface area contributed by atoms with Crippen molar-refractivity contribution in [3.8, 4) is 0 Å². The molecule has 0 unspecified atom stereocenters. The van der Waals surface area contributed by atoms with Crippen LogP contribution < -0.4 is 10.6 Å². The third kappa shape index (κ3) is 4.01. The molecule has 0 aliphatic carbocycles. The van der Waals surface area contributed by atoms with E-state index in [1.54, 1.807) is 12.3 Å². The molecule has 1 heterocycles. The van der Waals surface area contributed by atoms with E-state index in [1.165, 1.54) is 24.4 Å². The average molecular weight is 352 g/mol. The summed E-state index contributed by atoms with van der Waals surface area (Å²) in [5.41, 5.74) is 1.68. The molecule has 1 amide bonds. The van der Waals surface area contributed by atoms with E-state index in [4.69, 9.17) is 0 Å². The summed E-state index contributed by atoms with van der Waals surface area (Å²) in [5.74, 6) is -0.666. The van der Waals surface area contributed by atoms with Crippen LogP contribution in [0.25, 0.3) is 0 Å². The molecule has 1 aromatic carbocycles. The van der Waals surface area contributed by atoms with Crippen molar-refractivity contribution in [1.82, 2.24) is 4.98 Å². The van der Waals surface area contributed by atoms with Crippen LogP contribution in [0.5, 0.6) is 0 Å². The zero-order valence-electron chi connectivity index (χ0n) is 11.5. The summed E-state index contributed by atoms with van der Waals surface area (Å²) in [4.78, 5) is 16.3. The van der Waals surface area contributed by atoms with Gasteiger partial charge in [-0.25, -0.2) is 4.39 Å². The number of hydrogen-bond acceptors (Lipinski definition) is 3. The second-order valence-corrected chi connectivity index (χ2v) is 5.28. The normalized spacial score (nSPS) is 10.2. The predicted molar refractivity (Wildman–Crippen MR) is 85.1 cm³/mol. The number of halogens is 2. The molecule has 0 aliphatic rings. The van der Waals surface area contributed by atoms with E-state index in [0.717, 1.165) is 18.7 Å². The highest BCUT2D eigenvalue weighted by Crippen LogP contribution is 2.24. The minimum absolute atomic E-state index is 0.297. The molecule has 0 bridgehead atoms. The first-order valence-corrected chi connectivity index (χ1v) is 7.35. The first-order valence-electron chi connectivity index (χ1n) is 6.56. The number of nitrogens with zero attached hydrogens (tertiary/aromatic N) is 1. The van der Waals surface area contributed by atoms with Gasteiger partial charge in [0.15, 0.2) is 0 Å². The smallest absolute Gasteiger partial charge is 0.259 e. The first-order chi connectivity index (χ1) is 10.1. The summed E-state index contributed by atoms with van der Waals surface area (Å²) in [5, 5.41) is 5.92. The Kier molecular flexibility index (Phi) is 5.27. The number of carbonyl (C=O) groups excluding carboxylic acids is 1. The van der Waals surface area contributed by atoms with Crippen LogP contribution in [-0.2, 0) is 0 Å². The maximum Gasteiger partial charge on any atom is 0.259 e. The minimum atomic E-state index is -0.369. The molecule has 0 spiro atoms. The number of hydrogen-bond donors (Lipinski definition) is 2. The Morgan fingerprint density at radius 2 is 2.14 bits per heavy atom. The molecular formula is C15H15BrFN3O. The van der Waals surface area contributed by atoms with Gasteiger partial charge in [-0.15, -0.1) is 0 Å². The Bertz CT molecular complexity index is 649. The number of aromatic nitrogens is 1. The fraction of sp³-hybridized carbons (Fsp3) is 0.200. The molecular weight excluding hydrogens is 337 g/mol. The first kappa shape index (κ1) is 15.4. The van der Waals surface area contributed by atoms with Crippen LogP contribution in [-0.4, -0.2) is 17.4 Å². The number of carbonyl (C=O) groups is 1. The Morgan fingerprint density at radius 1 is 1.33 bits per heavy atom. The van der Waals surface area contributed by atoms with Crippen molar-refractivity contribution in [2.24, 2.45) is 0 Å². The van der Waals surface area contributed by atoms with Gasteiger partial charge in [0.2, 0.25) is 0 Å². The lowest BCUT2D eigenvalue weighted by Crippen LogP contribution is -2.15. The van der Waals surface area contributed by atoms with Crippen LogP contribution in [0.1, 0.15) is 23.7 Å². The SMILES string of the molecule is CCCNc1ccncc1C(=O)Nc1ccc(F)cc1Br. The van der Waals surface area contributed by atoms with Crippen molar-refractivity contribution < 1.29 is 9.18 Å². The zero-order chi connectivity index (χ0) is 15.2. The molecule has 110 valence electrons. The number of anilines is 2. The van der Waals surface area contributed by atoms with Crippen molar-refractivity contribution in [2.75, 3.05) is 17.2 Å². The molecule has 2 N–H and O–H groups in total. The summed E-state index contributed by atoms with van der Waals surface area (Å²) in [7, 11) is 0. The topological polar surface area (TPSA) is 54.0 Å². The third-order valence-corrected chi connectivity index (χ3v) is 3.47. The highest BCUT2D eigenvalue weighted by atomic mass is 79.9. The van der Waals surface area contributed by atoms with E-state index < -0.39 is 0 Å². The lowest BCUT2D eigenvalue weighted by molar-refractivity contribution is 0.102. The van der Waals surface area contributed by atoms with Gasteiger partial charge >= 0.3 is 0 Å². The summed E-state index contributed by atoms with van der Waals surface area (Å²) < 4.78 is 13.5. The summed E-state index contributed by atoms with van der Waals surface area (Å²) in [6, 6.07) is 5.85. The maximum absolute atomic E-state index is 13.0. The molecule has 0 fully saturated rings. The van der Waals surface area contributed by atoms with Gasteiger partial charge in [0.1, 0.15) is 5.82 Å². The van der Waals surface area contributed by atoms with Crippen molar-refractivity contribution in [3.63, 3.8) is 0 Å². The Balaban J connectivity index is 2.20. The maximum atomic E-state index is 13.0. The van der Waals surface area contributed by atoms with Crippen molar-refractivity contribution in [1.29, 1.82) is 0 Å². The monoisotopic (exact) mass is 351 g/mol. The van der Waals surface area contributed by atoms with E-state index in [-0.39, 0.29) is 11.7 Å². The van der Waals surface area contributed by atoms with Crippen molar-refractivity contribution in [2.45, 2.75) is 13.3 Å². The largest absolute Gasteiger partial charge is 0.384 e. The molecule has 21 heavy (non-hydrogen) atoms. The van der Waals surface area contributed by atoms with E-state index in [1.807, 2.05) is 6.92 Å². The van der Waals surface area contributed by atoms with E-state index >= 15 is 0 Å². The molecule has 4 nitrogen and oxygen atoms in total. The van der Waals surface area contributed by atoms with Crippen LogP contribution in [0, 0.1) is 5.82 Å².